The van der Waals surface area contributed by atoms with Gasteiger partial charge in [0.05, 0.1) is 0 Å². The third kappa shape index (κ3) is 4.88. The summed E-state index contributed by atoms with van der Waals surface area (Å²) in [6, 6.07) is 0. The molecular formula is C8H15AuO7Se. The van der Waals surface area contributed by atoms with Crippen LogP contribution < -0.4 is 0 Å². The third-order valence-electron chi connectivity index (χ3n) is 1.81. The molecule has 0 aromatic rings. The van der Waals surface area contributed by atoms with E-state index in [0.717, 1.165) is 0 Å². The summed E-state index contributed by atoms with van der Waals surface area (Å²) in [5, 5.41) is 45.7. The second kappa shape index (κ2) is 7.75. The van der Waals surface area contributed by atoms with E-state index in [2.05, 4.69) is 0 Å². The van der Waals surface area contributed by atoms with Crippen molar-refractivity contribution in [1.29, 1.82) is 0 Å². The summed E-state index contributed by atoms with van der Waals surface area (Å²) in [7, 11) is 0. The van der Waals surface area contributed by atoms with Crippen molar-refractivity contribution in [1.82, 2.24) is 0 Å². The van der Waals surface area contributed by atoms with Crippen LogP contribution in [-0.4, -0.2) is 77.7 Å². The van der Waals surface area contributed by atoms with Crippen LogP contribution in [0.15, 0.2) is 0 Å². The van der Waals surface area contributed by atoms with Crippen LogP contribution in [0, 0.1) is 0 Å². The molecule has 0 fully saturated rings. The van der Waals surface area contributed by atoms with E-state index in [-0.39, 0.29) is 4.00 Å². The van der Waals surface area contributed by atoms with Crippen LogP contribution in [0.1, 0.15) is 6.92 Å². The molecule has 0 aliphatic rings. The van der Waals surface area contributed by atoms with Crippen LogP contribution in [0.4, 0.5) is 0 Å². The van der Waals surface area contributed by atoms with Gasteiger partial charge in [0.15, 0.2) is 0 Å². The Kier molecular flexibility index (Phi) is 7.93. The zero-order valence-corrected chi connectivity index (χ0v) is 12.9. The predicted octanol–water partition coefficient (Wildman–Crippen LogP) is -4.07. The molecule has 0 saturated heterocycles. The zero-order chi connectivity index (χ0) is 13.7. The van der Waals surface area contributed by atoms with Gasteiger partial charge >= 0.3 is 110 Å². The number of carbonyl (C=O) groups excluding carboxylic acids is 2. The molecule has 0 aliphatic carbocycles. The first-order valence-corrected chi connectivity index (χ1v) is 12.2. The van der Waals surface area contributed by atoms with Crippen LogP contribution in [0.5, 0.6) is 0 Å². The standard InChI is InChI=1S/C6H11O6.C2H3O.Au.H2Se/c7-1-3(9)5(11)6(12)4(10)2-8;1-2-3;;/h3-7,9-12H,1H2;1H3;;1H2/q;;+1;/p-1/t3-,4-,5-,6-;;;/m1.../s1. The van der Waals surface area contributed by atoms with Gasteiger partial charge in [0.2, 0.25) is 0 Å². The van der Waals surface area contributed by atoms with Gasteiger partial charge in [-0.2, -0.15) is 0 Å². The Morgan fingerprint density at radius 1 is 1.18 bits per heavy atom. The molecule has 0 radical (unpaired) electrons. The van der Waals surface area contributed by atoms with Gasteiger partial charge in [-0.3, -0.25) is 0 Å². The van der Waals surface area contributed by atoms with E-state index in [1.807, 2.05) is 13.1 Å². The summed E-state index contributed by atoms with van der Waals surface area (Å²) in [5.74, 6) is 0. The average Bonchev–Trinajstić information content (AvgIpc) is 2.32. The van der Waals surface area contributed by atoms with Gasteiger partial charge in [-0.15, -0.1) is 0 Å². The van der Waals surface area contributed by atoms with E-state index in [1.165, 1.54) is 6.92 Å². The molecule has 9 heteroatoms. The molecule has 4 atom stereocenters. The fourth-order valence-electron chi connectivity index (χ4n) is 0.833. The SMILES string of the molecule is C[C](=O)[Au]([SeH])[C](=O)[C@@H](O)[C@@H](O)[C@H](O)[C@H](O)CO. The second-order valence-corrected chi connectivity index (χ2v) is 11.8. The van der Waals surface area contributed by atoms with Crippen molar-refractivity contribution in [2.45, 2.75) is 31.3 Å². The van der Waals surface area contributed by atoms with Crippen molar-refractivity contribution in [2.75, 3.05) is 6.61 Å². The molecule has 0 spiro atoms. The van der Waals surface area contributed by atoms with Gasteiger partial charge in [-0.05, 0) is 0 Å². The number of aliphatic hydroxyl groups excluding tert-OH is 5. The minimum absolute atomic E-state index is 0.367. The van der Waals surface area contributed by atoms with Crippen molar-refractivity contribution in [3.8, 4) is 0 Å². The van der Waals surface area contributed by atoms with Gasteiger partial charge in [-0.25, -0.2) is 0 Å². The number of hydrogen-bond acceptors (Lipinski definition) is 7. The number of hydrogen-bond donors (Lipinski definition) is 5. The van der Waals surface area contributed by atoms with Crippen molar-refractivity contribution < 1.29 is 51.4 Å². The van der Waals surface area contributed by atoms with Crippen molar-refractivity contribution in [2.24, 2.45) is 0 Å². The van der Waals surface area contributed by atoms with Gasteiger partial charge in [-0.1, -0.05) is 0 Å². The molecule has 17 heavy (non-hydrogen) atoms. The van der Waals surface area contributed by atoms with Crippen molar-refractivity contribution in [3.63, 3.8) is 0 Å². The fourth-order valence-corrected chi connectivity index (χ4v) is 3.93. The van der Waals surface area contributed by atoms with Crippen LogP contribution in [0.3, 0.4) is 0 Å². The Morgan fingerprint density at radius 3 is 2.00 bits per heavy atom. The number of carbonyl (C=O) groups is 2. The van der Waals surface area contributed by atoms with Gasteiger partial charge < -0.3 is 0 Å². The monoisotopic (exact) mass is 500 g/mol. The third-order valence-corrected chi connectivity index (χ3v) is 10.4. The van der Waals surface area contributed by atoms with Crippen LogP contribution >= 0.6 is 0 Å². The fraction of sp³-hybridized carbons (Fsp3) is 0.750. The Hall–Kier alpha value is 0.400. The zero-order valence-electron chi connectivity index (χ0n) is 8.82. The molecule has 0 unspecified atom stereocenters. The topological polar surface area (TPSA) is 135 Å². The van der Waals surface area contributed by atoms with E-state index in [1.54, 1.807) is 0 Å². The minimum atomic E-state index is -2.66. The van der Waals surface area contributed by atoms with Crippen LogP contribution in [0.25, 0.3) is 0 Å². The molecule has 0 amide bonds. The Balaban J connectivity index is 4.64. The van der Waals surface area contributed by atoms with Gasteiger partial charge in [0, 0.05) is 0 Å². The molecule has 0 bridgehead atoms. The van der Waals surface area contributed by atoms with Crippen LogP contribution in [-0.2, 0) is 25.9 Å². The molecular weight excluding hydrogens is 484 g/mol. The van der Waals surface area contributed by atoms with E-state index in [4.69, 9.17) is 10.2 Å². The summed E-state index contributed by atoms with van der Waals surface area (Å²) in [6.07, 6.45) is -7.41. The summed E-state index contributed by atoms with van der Waals surface area (Å²) in [6.45, 7) is 0.380. The quantitative estimate of drug-likeness (QED) is 0.225. The van der Waals surface area contributed by atoms with E-state index >= 15 is 0 Å². The number of aliphatic hydroxyl groups is 5. The maximum absolute atomic E-state index is 11.5. The predicted molar refractivity (Wildman–Crippen MR) is 54.0 cm³/mol. The maximum atomic E-state index is 11.5. The Morgan fingerprint density at radius 2 is 1.65 bits per heavy atom. The van der Waals surface area contributed by atoms with Crippen molar-refractivity contribution >= 4 is 21.1 Å². The van der Waals surface area contributed by atoms with Gasteiger partial charge in [0.25, 0.3) is 0 Å². The summed E-state index contributed by atoms with van der Waals surface area (Å²) in [5.41, 5.74) is 0. The first-order chi connectivity index (χ1) is 7.73. The summed E-state index contributed by atoms with van der Waals surface area (Å²) in [4.78, 5) is 22.5. The molecule has 0 heterocycles. The summed E-state index contributed by atoms with van der Waals surface area (Å²) >= 11 is -0.771. The molecule has 0 aromatic heterocycles. The molecule has 5 N–H and O–H groups in total. The molecule has 7 nitrogen and oxygen atoms in total. The summed E-state index contributed by atoms with van der Waals surface area (Å²) < 4.78 is -1.20. The molecule has 0 aromatic carbocycles. The average molecular weight is 499 g/mol. The van der Waals surface area contributed by atoms with Crippen LogP contribution in [0.2, 0.25) is 0 Å². The molecule has 0 saturated carbocycles. The van der Waals surface area contributed by atoms with E-state index in [9.17, 15) is 24.9 Å². The Labute approximate surface area is 110 Å². The molecule has 0 aliphatic heterocycles. The van der Waals surface area contributed by atoms with E-state index in [0.29, 0.717) is 0 Å². The van der Waals surface area contributed by atoms with E-state index < -0.39 is 51.3 Å². The van der Waals surface area contributed by atoms with Crippen molar-refractivity contribution in [3.05, 3.63) is 0 Å². The molecule has 0 rings (SSSR count). The number of rotatable bonds is 7. The molecule has 106 valence electrons. The second-order valence-electron chi connectivity index (χ2n) is 3.07. The normalized spacial score (nSPS) is 19.1. The Bertz CT molecular complexity index is 287. The van der Waals surface area contributed by atoms with Gasteiger partial charge in [0.1, 0.15) is 0 Å². The first-order valence-electron chi connectivity index (χ1n) is 4.39. The first kappa shape index (κ1) is 17.4.